The molecule has 1 rings (SSSR count). The lowest BCUT2D eigenvalue weighted by Gasteiger charge is -2.24. The van der Waals surface area contributed by atoms with Crippen molar-refractivity contribution in [3.8, 4) is 11.5 Å². The molecule has 1 aromatic carbocycles. The molecule has 0 saturated heterocycles. The summed E-state index contributed by atoms with van der Waals surface area (Å²) in [5.74, 6) is 1.49. The fourth-order valence-corrected chi connectivity index (χ4v) is 2.63. The molecule has 1 aromatic rings. The van der Waals surface area contributed by atoms with Gasteiger partial charge in [-0.25, -0.2) is 0 Å². The fraction of sp³-hybridized carbons (Fsp3) is 0.750. The molecule has 0 aliphatic heterocycles. The highest BCUT2D eigenvalue weighted by Crippen LogP contribution is 2.32. The lowest BCUT2D eigenvalue weighted by molar-refractivity contribution is -0.0317. The fourth-order valence-electron chi connectivity index (χ4n) is 2.63. The lowest BCUT2D eigenvalue weighted by atomic mass is 10.0. The SMILES string of the molecule is CCC(C)(C)NCCOCCOCc1c(OC)cc(COC(C)(C)CC)cc1OC. The van der Waals surface area contributed by atoms with Crippen LogP contribution in [-0.2, 0) is 27.4 Å². The Morgan fingerprint density at radius 2 is 1.40 bits per heavy atom. The monoisotopic (exact) mass is 425 g/mol. The zero-order valence-corrected chi connectivity index (χ0v) is 20.4. The molecule has 0 amide bonds. The smallest absolute Gasteiger partial charge is 0.128 e. The van der Waals surface area contributed by atoms with E-state index in [0.29, 0.717) is 33.0 Å². The van der Waals surface area contributed by atoms with Crippen LogP contribution in [-0.4, -0.2) is 51.7 Å². The number of ether oxygens (including phenoxy) is 5. The van der Waals surface area contributed by atoms with Gasteiger partial charge in [-0.05, 0) is 58.2 Å². The second kappa shape index (κ2) is 13.2. The van der Waals surface area contributed by atoms with E-state index in [4.69, 9.17) is 23.7 Å². The Balaban J connectivity index is 2.51. The summed E-state index contributed by atoms with van der Waals surface area (Å²) in [6.45, 7) is 16.3. The van der Waals surface area contributed by atoms with Crippen molar-refractivity contribution in [1.82, 2.24) is 5.32 Å². The molecule has 0 atom stereocenters. The van der Waals surface area contributed by atoms with Crippen LogP contribution in [0.15, 0.2) is 12.1 Å². The Morgan fingerprint density at radius 3 is 1.93 bits per heavy atom. The largest absolute Gasteiger partial charge is 0.496 e. The number of nitrogens with one attached hydrogen (secondary N) is 1. The van der Waals surface area contributed by atoms with E-state index in [0.717, 1.165) is 42.0 Å². The van der Waals surface area contributed by atoms with E-state index in [1.807, 2.05) is 12.1 Å². The van der Waals surface area contributed by atoms with Crippen LogP contribution in [0, 0.1) is 0 Å². The van der Waals surface area contributed by atoms with Crippen molar-refractivity contribution < 1.29 is 23.7 Å². The van der Waals surface area contributed by atoms with E-state index in [1.54, 1.807) is 14.2 Å². The molecule has 0 unspecified atom stereocenters. The molecule has 0 aliphatic carbocycles. The first-order valence-electron chi connectivity index (χ1n) is 11.0. The van der Waals surface area contributed by atoms with Crippen LogP contribution in [0.2, 0.25) is 0 Å². The molecule has 6 heteroatoms. The highest BCUT2D eigenvalue weighted by molar-refractivity contribution is 5.47. The minimum atomic E-state index is -0.163. The minimum Gasteiger partial charge on any atom is -0.496 e. The third kappa shape index (κ3) is 9.65. The Morgan fingerprint density at radius 1 is 0.800 bits per heavy atom. The van der Waals surface area contributed by atoms with Crippen molar-refractivity contribution in [2.75, 3.05) is 40.6 Å². The van der Waals surface area contributed by atoms with Gasteiger partial charge in [-0.2, -0.15) is 0 Å². The van der Waals surface area contributed by atoms with Gasteiger partial charge in [0.1, 0.15) is 11.5 Å². The van der Waals surface area contributed by atoms with E-state index < -0.39 is 0 Å². The average Bonchev–Trinajstić information content (AvgIpc) is 2.74. The van der Waals surface area contributed by atoms with Crippen LogP contribution in [0.3, 0.4) is 0 Å². The Bertz CT molecular complexity index is 591. The summed E-state index contributed by atoms with van der Waals surface area (Å²) in [7, 11) is 3.32. The highest BCUT2D eigenvalue weighted by Gasteiger charge is 2.18. The van der Waals surface area contributed by atoms with Crippen molar-refractivity contribution in [3.63, 3.8) is 0 Å². The number of hydrogen-bond acceptors (Lipinski definition) is 6. The summed E-state index contributed by atoms with van der Waals surface area (Å²) < 4.78 is 28.6. The number of hydrogen-bond donors (Lipinski definition) is 1. The Labute approximate surface area is 183 Å². The van der Waals surface area contributed by atoms with Crippen LogP contribution in [0.5, 0.6) is 11.5 Å². The summed E-state index contributed by atoms with van der Waals surface area (Å²) in [5.41, 5.74) is 1.89. The van der Waals surface area contributed by atoms with Gasteiger partial charge in [-0.3, -0.25) is 0 Å². The molecule has 1 N–H and O–H groups in total. The van der Waals surface area contributed by atoms with E-state index in [1.165, 1.54) is 0 Å². The van der Waals surface area contributed by atoms with Gasteiger partial charge < -0.3 is 29.0 Å². The summed E-state index contributed by atoms with van der Waals surface area (Å²) in [6, 6.07) is 3.98. The molecule has 0 aromatic heterocycles. The predicted molar refractivity (Wildman–Crippen MR) is 122 cm³/mol. The van der Waals surface area contributed by atoms with E-state index in [-0.39, 0.29) is 11.1 Å². The van der Waals surface area contributed by atoms with Crippen molar-refractivity contribution >= 4 is 0 Å². The van der Waals surface area contributed by atoms with E-state index in [9.17, 15) is 0 Å². The van der Waals surface area contributed by atoms with Crippen molar-refractivity contribution in [2.45, 2.75) is 78.7 Å². The summed E-state index contributed by atoms with van der Waals surface area (Å²) >= 11 is 0. The van der Waals surface area contributed by atoms with Crippen LogP contribution >= 0.6 is 0 Å². The number of methoxy groups -OCH3 is 2. The standard InChI is InChI=1S/C24H43NO5/c1-9-23(3,4)25-11-12-28-13-14-29-18-20-21(26-7)15-19(16-22(20)27-8)17-30-24(5,6)10-2/h15-16,25H,9-14,17-18H2,1-8H3. The molecule has 6 nitrogen and oxygen atoms in total. The molecule has 0 saturated carbocycles. The molecule has 0 fully saturated rings. The maximum atomic E-state index is 6.01. The second-order valence-electron chi connectivity index (χ2n) is 8.71. The average molecular weight is 426 g/mol. The van der Waals surface area contributed by atoms with Gasteiger partial charge in [0.25, 0.3) is 0 Å². The van der Waals surface area contributed by atoms with Crippen molar-refractivity contribution in [1.29, 1.82) is 0 Å². The molecule has 0 radical (unpaired) electrons. The molecule has 0 spiro atoms. The molecule has 174 valence electrons. The van der Waals surface area contributed by atoms with E-state index in [2.05, 4.69) is 46.9 Å². The second-order valence-corrected chi connectivity index (χ2v) is 8.71. The van der Waals surface area contributed by atoms with E-state index >= 15 is 0 Å². The quantitative estimate of drug-likeness (QED) is 0.387. The zero-order valence-electron chi connectivity index (χ0n) is 20.4. The Hall–Kier alpha value is -1.34. The van der Waals surface area contributed by atoms with Gasteiger partial charge in [0.15, 0.2) is 0 Å². The first-order valence-corrected chi connectivity index (χ1v) is 11.0. The molecular formula is C24H43NO5. The van der Waals surface area contributed by atoms with Gasteiger partial charge in [0.05, 0.1) is 58.4 Å². The molecule has 0 heterocycles. The van der Waals surface area contributed by atoms with Crippen LogP contribution in [0.1, 0.15) is 65.5 Å². The van der Waals surface area contributed by atoms with Crippen LogP contribution in [0.25, 0.3) is 0 Å². The van der Waals surface area contributed by atoms with Gasteiger partial charge >= 0.3 is 0 Å². The highest BCUT2D eigenvalue weighted by atomic mass is 16.5. The van der Waals surface area contributed by atoms with Gasteiger partial charge in [-0.1, -0.05) is 13.8 Å². The molecule has 0 aliphatic rings. The summed E-state index contributed by atoms with van der Waals surface area (Å²) in [5, 5.41) is 3.47. The van der Waals surface area contributed by atoms with Gasteiger partial charge in [0, 0.05) is 12.1 Å². The number of benzene rings is 1. The molecule has 0 bridgehead atoms. The van der Waals surface area contributed by atoms with Crippen molar-refractivity contribution in [3.05, 3.63) is 23.3 Å². The van der Waals surface area contributed by atoms with Crippen LogP contribution < -0.4 is 14.8 Å². The zero-order chi connectivity index (χ0) is 22.6. The molecule has 30 heavy (non-hydrogen) atoms. The normalized spacial score (nSPS) is 12.3. The lowest BCUT2D eigenvalue weighted by Crippen LogP contribution is -2.40. The Kier molecular flexibility index (Phi) is 11.7. The number of rotatable bonds is 16. The first kappa shape index (κ1) is 26.7. The summed E-state index contributed by atoms with van der Waals surface area (Å²) in [4.78, 5) is 0. The minimum absolute atomic E-state index is 0.149. The topological polar surface area (TPSA) is 58.2 Å². The third-order valence-electron chi connectivity index (χ3n) is 5.50. The van der Waals surface area contributed by atoms with Gasteiger partial charge in [-0.15, -0.1) is 0 Å². The molecular weight excluding hydrogens is 382 g/mol. The maximum Gasteiger partial charge on any atom is 0.128 e. The summed E-state index contributed by atoms with van der Waals surface area (Å²) in [6.07, 6.45) is 2.03. The van der Waals surface area contributed by atoms with Gasteiger partial charge in [0.2, 0.25) is 0 Å². The van der Waals surface area contributed by atoms with Crippen LogP contribution in [0.4, 0.5) is 0 Å². The maximum absolute atomic E-state index is 6.01. The third-order valence-corrected chi connectivity index (χ3v) is 5.50. The van der Waals surface area contributed by atoms with Crippen molar-refractivity contribution in [2.24, 2.45) is 0 Å². The first-order chi connectivity index (χ1) is 14.2. The predicted octanol–water partition coefficient (Wildman–Crippen LogP) is 4.72.